The Balaban J connectivity index is 2.59. The summed E-state index contributed by atoms with van der Waals surface area (Å²) in [5.41, 5.74) is 1.46. The number of allylic oxidation sites excluding steroid dienone is 1. The van der Waals surface area contributed by atoms with Gasteiger partial charge in [-0.2, -0.15) is 0 Å². The standard InChI is InChI=1S/C19H24N2O7S/c1-6-28-18(24)15-10(2)20-19(29-9-14(22)23)21-16(15)11-7-12(25-3)17(27-5)13(8-11)26-4/h7-8,16H,6,9H2,1-5H3,(H,20,21)(H,22,23)/t16-/m0/s1. The van der Waals surface area contributed by atoms with Crippen LogP contribution in [0.4, 0.5) is 0 Å². The molecular weight excluding hydrogens is 400 g/mol. The number of amidine groups is 1. The highest BCUT2D eigenvalue weighted by Gasteiger charge is 2.32. The van der Waals surface area contributed by atoms with Gasteiger partial charge in [-0.25, -0.2) is 9.79 Å². The maximum absolute atomic E-state index is 12.6. The minimum atomic E-state index is -0.971. The second-order valence-corrected chi connectivity index (χ2v) is 6.83. The molecule has 0 bridgehead atoms. The van der Waals surface area contributed by atoms with Gasteiger partial charge in [0.2, 0.25) is 5.75 Å². The molecule has 158 valence electrons. The number of carbonyl (C=O) groups is 2. The van der Waals surface area contributed by atoms with Crippen LogP contribution in [0, 0.1) is 0 Å². The highest BCUT2D eigenvalue weighted by molar-refractivity contribution is 8.14. The van der Waals surface area contributed by atoms with E-state index in [2.05, 4.69) is 10.3 Å². The van der Waals surface area contributed by atoms with Gasteiger partial charge in [0, 0.05) is 5.70 Å². The number of thioether (sulfide) groups is 1. The van der Waals surface area contributed by atoms with Crippen LogP contribution in [0.1, 0.15) is 25.5 Å². The Kier molecular flexibility index (Phi) is 7.77. The summed E-state index contributed by atoms with van der Waals surface area (Å²) in [5, 5.41) is 12.3. The Morgan fingerprint density at radius 3 is 2.28 bits per heavy atom. The fourth-order valence-electron chi connectivity index (χ4n) is 2.82. The predicted molar refractivity (Wildman–Crippen MR) is 109 cm³/mol. The molecular formula is C19H24N2O7S. The third-order valence-corrected chi connectivity index (χ3v) is 4.92. The van der Waals surface area contributed by atoms with E-state index in [1.54, 1.807) is 26.0 Å². The van der Waals surface area contributed by atoms with Crippen molar-refractivity contribution < 1.29 is 33.6 Å². The van der Waals surface area contributed by atoms with Crippen molar-refractivity contribution in [2.45, 2.75) is 19.9 Å². The number of benzene rings is 1. The summed E-state index contributed by atoms with van der Waals surface area (Å²) in [6.45, 7) is 3.64. The van der Waals surface area contributed by atoms with Gasteiger partial charge in [-0.15, -0.1) is 0 Å². The molecule has 2 N–H and O–H groups in total. The highest BCUT2D eigenvalue weighted by atomic mass is 32.2. The molecule has 0 amide bonds. The number of rotatable bonds is 8. The Bertz CT molecular complexity index is 826. The molecule has 1 aliphatic heterocycles. The van der Waals surface area contributed by atoms with E-state index in [9.17, 15) is 9.59 Å². The van der Waals surface area contributed by atoms with Gasteiger partial charge in [-0.1, -0.05) is 11.8 Å². The van der Waals surface area contributed by atoms with E-state index in [0.717, 1.165) is 11.8 Å². The quantitative estimate of drug-likeness (QED) is 0.607. The van der Waals surface area contributed by atoms with Crippen LogP contribution >= 0.6 is 11.8 Å². The minimum absolute atomic E-state index is 0.171. The van der Waals surface area contributed by atoms with E-state index in [1.807, 2.05) is 0 Å². The number of ether oxygens (including phenoxy) is 4. The second kappa shape index (κ2) is 10.1. The summed E-state index contributed by atoms with van der Waals surface area (Å²) in [6.07, 6.45) is 0. The van der Waals surface area contributed by atoms with Gasteiger partial charge < -0.3 is 29.4 Å². The highest BCUT2D eigenvalue weighted by Crippen LogP contribution is 2.43. The molecule has 1 aromatic rings. The first-order valence-corrected chi connectivity index (χ1v) is 9.71. The minimum Gasteiger partial charge on any atom is -0.493 e. The van der Waals surface area contributed by atoms with Crippen molar-refractivity contribution >= 4 is 28.9 Å². The van der Waals surface area contributed by atoms with Crippen molar-refractivity contribution in [1.82, 2.24) is 5.32 Å². The molecule has 0 saturated carbocycles. The molecule has 2 rings (SSSR count). The first-order valence-electron chi connectivity index (χ1n) is 8.73. The third-order valence-electron chi connectivity index (χ3n) is 4.05. The summed E-state index contributed by atoms with van der Waals surface area (Å²) < 4.78 is 21.4. The number of nitrogens with zero attached hydrogens (tertiary/aromatic N) is 1. The summed E-state index contributed by atoms with van der Waals surface area (Å²) in [6, 6.07) is 2.67. The molecule has 0 spiro atoms. The van der Waals surface area contributed by atoms with Crippen molar-refractivity contribution in [3.05, 3.63) is 29.0 Å². The van der Waals surface area contributed by atoms with Gasteiger partial charge in [-0.3, -0.25) is 4.79 Å². The largest absolute Gasteiger partial charge is 0.493 e. The SMILES string of the molecule is CCOC(=O)C1=C(C)NC(SCC(=O)O)=N[C@H]1c1cc(OC)c(OC)c(OC)c1. The molecule has 9 nitrogen and oxygen atoms in total. The molecule has 1 aromatic carbocycles. The lowest BCUT2D eigenvalue weighted by atomic mass is 9.96. The molecule has 1 atom stereocenters. The first kappa shape index (κ1) is 22.4. The van der Waals surface area contributed by atoms with Crippen LogP contribution in [0.2, 0.25) is 0 Å². The van der Waals surface area contributed by atoms with Gasteiger partial charge in [-0.05, 0) is 31.5 Å². The predicted octanol–water partition coefficient (Wildman–Crippen LogP) is 2.37. The first-order chi connectivity index (χ1) is 13.9. The number of carboxylic acids is 1. The van der Waals surface area contributed by atoms with E-state index in [0.29, 0.717) is 39.2 Å². The number of nitrogens with one attached hydrogen (secondary N) is 1. The molecule has 0 fully saturated rings. The Morgan fingerprint density at radius 2 is 1.79 bits per heavy atom. The van der Waals surface area contributed by atoms with Crippen molar-refractivity contribution in [2.24, 2.45) is 4.99 Å². The van der Waals surface area contributed by atoms with E-state index in [1.165, 1.54) is 21.3 Å². The summed E-state index contributed by atoms with van der Waals surface area (Å²) >= 11 is 1.03. The van der Waals surface area contributed by atoms with Gasteiger partial charge in [0.05, 0.1) is 39.3 Å². The number of carbonyl (C=O) groups excluding carboxylic acids is 1. The average Bonchev–Trinajstić information content (AvgIpc) is 2.70. The molecule has 29 heavy (non-hydrogen) atoms. The zero-order valence-corrected chi connectivity index (χ0v) is 17.7. The van der Waals surface area contributed by atoms with Gasteiger partial charge in [0.15, 0.2) is 16.7 Å². The maximum atomic E-state index is 12.6. The van der Waals surface area contributed by atoms with Gasteiger partial charge >= 0.3 is 11.9 Å². The number of esters is 1. The maximum Gasteiger partial charge on any atom is 0.338 e. The van der Waals surface area contributed by atoms with Crippen LogP contribution in [-0.4, -0.2) is 55.9 Å². The number of aliphatic carboxylic acids is 1. The number of aliphatic imine (C=N–C) groups is 1. The van der Waals surface area contributed by atoms with Crippen LogP contribution in [0.15, 0.2) is 28.4 Å². The molecule has 1 aliphatic rings. The lowest BCUT2D eigenvalue weighted by molar-refractivity contribution is -0.139. The molecule has 0 radical (unpaired) electrons. The summed E-state index contributed by atoms with van der Waals surface area (Å²) in [4.78, 5) is 28.1. The summed E-state index contributed by atoms with van der Waals surface area (Å²) in [7, 11) is 4.49. The Morgan fingerprint density at radius 1 is 1.17 bits per heavy atom. The molecule has 0 saturated heterocycles. The van der Waals surface area contributed by atoms with Crippen molar-refractivity contribution in [2.75, 3.05) is 33.7 Å². The monoisotopic (exact) mass is 424 g/mol. The zero-order chi connectivity index (χ0) is 21.6. The summed E-state index contributed by atoms with van der Waals surface area (Å²) in [5.74, 6) is -0.414. The zero-order valence-electron chi connectivity index (χ0n) is 16.9. The Hall–Kier alpha value is -2.88. The lowest BCUT2D eigenvalue weighted by Crippen LogP contribution is -2.31. The van der Waals surface area contributed by atoms with Crippen molar-refractivity contribution in [3.8, 4) is 17.2 Å². The topological polar surface area (TPSA) is 116 Å². The van der Waals surface area contributed by atoms with E-state index >= 15 is 0 Å². The van der Waals surface area contributed by atoms with Crippen molar-refractivity contribution in [3.63, 3.8) is 0 Å². The second-order valence-electron chi connectivity index (χ2n) is 5.86. The fraction of sp³-hybridized carbons (Fsp3) is 0.421. The number of hydrogen-bond donors (Lipinski definition) is 2. The molecule has 0 unspecified atom stereocenters. The number of carboxylic acid groups (broad SMARTS) is 1. The van der Waals surface area contributed by atoms with E-state index in [4.69, 9.17) is 24.1 Å². The van der Waals surface area contributed by atoms with E-state index < -0.39 is 18.0 Å². The number of methoxy groups -OCH3 is 3. The molecule has 10 heteroatoms. The van der Waals surface area contributed by atoms with Crippen LogP contribution in [0.3, 0.4) is 0 Å². The van der Waals surface area contributed by atoms with E-state index in [-0.39, 0.29) is 12.4 Å². The van der Waals surface area contributed by atoms with Crippen LogP contribution in [0.25, 0.3) is 0 Å². The third kappa shape index (κ3) is 5.14. The normalized spacial score (nSPS) is 15.9. The molecule has 0 aliphatic carbocycles. The van der Waals surface area contributed by atoms with Gasteiger partial charge in [0.25, 0.3) is 0 Å². The van der Waals surface area contributed by atoms with Crippen LogP contribution < -0.4 is 19.5 Å². The lowest BCUT2D eigenvalue weighted by Gasteiger charge is -2.26. The van der Waals surface area contributed by atoms with Crippen molar-refractivity contribution in [1.29, 1.82) is 0 Å². The average molecular weight is 424 g/mol. The van der Waals surface area contributed by atoms with Crippen LogP contribution in [0.5, 0.6) is 17.2 Å². The smallest absolute Gasteiger partial charge is 0.338 e. The van der Waals surface area contributed by atoms with Gasteiger partial charge in [0.1, 0.15) is 6.04 Å². The molecule has 0 aromatic heterocycles. The fourth-order valence-corrected chi connectivity index (χ4v) is 3.49. The van der Waals surface area contributed by atoms with Crippen LogP contribution in [-0.2, 0) is 14.3 Å². The number of hydrogen-bond acceptors (Lipinski definition) is 9. The molecule has 1 heterocycles. The Labute approximate surface area is 173 Å².